The third-order valence-electron chi connectivity index (χ3n) is 8.29. The number of ketones is 2. The van der Waals surface area contributed by atoms with Crippen LogP contribution in [0.3, 0.4) is 0 Å². The molecule has 4 heterocycles. The number of carbonyl (C=O) groups excluding carboxylic acids is 2. The molecular formula is C37H27BrN2O8. The second-order valence-corrected chi connectivity index (χ2v) is 12.4. The molecule has 2 aliphatic rings. The number of ether oxygens (including phenoxy) is 2. The lowest BCUT2D eigenvalue weighted by atomic mass is 10.0. The molecule has 8 rings (SSSR count). The van der Waals surface area contributed by atoms with Crippen molar-refractivity contribution in [1.29, 1.82) is 0 Å². The first-order chi connectivity index (χ1) is 22.9. The summed E-state index contributed by atoms with van der Waals surface area (Å²) in [5.41, 5.74) is 5.01. The quantitative estimate of drug-likeness (QED) is 0.136. The molecular weight excluding hydrogens is 680 g/mol. The average Bonchev–Trinajstić information content (AvgIpc) is 3.72. The molecule has 10 nitrogen and oxygen atoms in total. The molecule has 0 atom stereocenters. The van der Waals surface area contributed by atoms with Crippen molar-refractivity contribution in [1.82, 2.24) is 9.13 Å². The minimum Gasteiger partial charge on any atom is -0.508 e. The maximum absolute atomic E-state index is 12.5. The molecule has 0 bridgehead atoms. The van der Waals surface area contributed by atoms with Crippen molar-refractivity contribution in [3.8, 4) is 34.5 Å². The van der Waals surface area contributed by atoms with Crippen molar-refractivity contribution >= 4 is 61.5 Å². The summed E-state index contributed by atoms with van der Waals surface area (Å²) in [5.74, 6) is -1.14. The lowest BCUT2D eigenvalue weighted by molar-refractivity contribution is 0.100. The van der Waals surface area contributed by atoms with E-state index in [2.05, 4.69) is 15.9 Å². The summed E-state index contributed by atoms with van der Waals surface area (Å²) in [4.78, 5) is 25.0. The van der Waals surface area contributed by atoms with Crippen molar-refractivity contribution in [3.05, 3.63) is 117 Å². The first-order valence-electron chi connectivity index (χ1n) is 14.7. The first-order valence-corrected chi connectivity index (χ1v) is 15.5. The number of aromatic nitrogens is 2. The van der Waals surface area contributed by atoms with Gasteiger partial charge in [0.25, 0.3) is 0 Å². The van der Waals surface area contributed by atoms with Crippen molar-refractivity contribution in [2.75, 3.05) is 0 Å². The van der Waals surface area contributed by atoms with E-state index in [0.717, 1.165) is 55.1 Å². The monoisotopic (exact) mass is 706 g/mol. The molecule has 0 spiro atoms. The van der Waals surface area contributed by atoms with Crippen LogP contribution < -0.4 is 9.47 Å². The van der Waals surface area contributed by atoms with E-state index in [1.54, 1.807) is 12.2 Å². The molecule has 4 N–H and O–H groups in total. The van der Waals surface area contributed by atoms with Gasteiger partial charge < -0.3 is 39.0 Å². The number of aryl methyl sites for hydroxylation is 3. The Morgan fingerprint density at radius 2 is 1.12 bits per heavy atom. The minimum atomic E-state index is -0.411. The molecule has 48 heavy (non-hydrogen) atoms. The Morgan fingerprint density at radius 3 is 1.65 bits per heavy atom. The van der Waals surface area contributed by atoms with E-state index in [1.807, 2.05) is 78.9 Å². The lowest BCUT2D eigenvalue weighted by Gasteiger charge is -2.00. The number of halogens is 1. The number of Topliss-reactive ketones (excluding diaryl/α,β-unsaturated/α-hetero) is 2. The number of hydrogen-bond acceptors (Lipinski definition) is 8. The van der Waals surface area contributed by atoms with Crippen molar-refractivity contribution in [2.24, 2.45) is 14.1 Å². The summed E-state index contributed by atoms with van der Waals surface area (Å²) >= 11 is 3.53. The van der Waals surface area contributed by atoms with Gasteiger partial charge in [0.05, 0.1) is 0 Å². The van der Waals surface area contributed by atoms with E-state index in [9.17, 15) is 30.0 Å². The molecule has 0 unspecified atom stereocenters. The Morgan fingerprint density at radius 1 is 0.667 bits per heavy atom. The fourth-order valence-electron chi connectivity index (χ4n) is 6.16. The van der Waals surface area contributed by atoms with Crippen molar-refractivity contribution in [2.45, 2.75) is 6.92 Å². The van der Waals surface area contributed by atoms with E-state index in [4.69, 9.17) is 9.47 Å². The molecule has 0 amide bonds. The molecule has 0 fully saturated rings. The van der Waals surface area contributed by atoms with Crippen LogP contribution >= 0.6 is 15.9 Å². The average molecular weight is 708 g/mol. The standard InChI is InChI=1S/C19H15NO4.C18H12BrNO4/c1-10-4-3-5-13-17(10)11(9-20(13)2)6-16-19(23)18-14(22)7-12(21)8-15(18)24-16;1-20-8-9(16-11(19)3-2-4-12(16)20)5-15-18(23)17-13(22)6-10(21)7-14(17)24-15/h3-9,21-22H,1-2H3;2-8,21-22H,1H3/b16-6-;15-5-. The van der Waals surface area contributed by atoms with Gasteiger partial charge in [-0.05, 0) is 42.8 Å². The Bertz CT molecular complexity index is 2260. The predicted molar refractivity (Wildman–Crippen MR) is 184 cm³/mol. The highest BCUT2D eigenvalue weighted by atomic mass is 79.9. The topological polar surface area (TPSA) is 143 Å². The van der Waals surface area contributed by atoms with Gasteiger partial charge in [-0.2, -0.15) is 0 Å². The zero-order chi connectivity index (χ0) is 34.0. The number of allylic oxidation sites excluding steroid dienone is 2. The van der Waals surface area contributed by atoms with Gasteiger partial charge in [-0.25, -0.2) is 0 Å². The zero-order valence-corrected chi connectivity index (χ0v) is 27.4. The van der Waals surface area contributed by atoms with E-state index in [1.165, 1.54) is 12.1 Å². The molecule has 0 saturated carbocycles. The summed E-state index contributed by atoms with van der Waals surface area (Å²) in [6.07, 6.45) is 7.15. The van der Waals surface area contributed by atoms with Gasteiger partial charge in [0.2, 0.25) is 11.6 Å². The fourth-order valence-corrected chi connectivity index (χ4v) is 6.74. The van der Waals surface area contributed by atoms with Crippen LogP contribution in [0.4, 0.5) is 0 Å². The summed E-state index contributed by atoms with van der Waals surface area (Å²) < 4.78 is 16.0. The Balaban J connectivity index is 0.000000152. The zero-order valence-electron chi connectivity index (χ0n) is 25.8. The van der Waals surface area contributed by atoms with Crippen LogP contribution in [0.25, 0.3) is 34.0 Å². The number of hydrogen-bond donors (Lipinski definition) is 4. The molecule has 6 aromatic rings. The largest absolute Gasteiger partial charge is 0.508 e. The van der Waals surface area contributed by atoms with E-state index in [0.29, 0.717) is 0 Å². The molecule has 2 aromatic heterocycles. The number of phenols is 4. The number of benzene rings is 4. The predicted octanol–water partition coefficient (Wildman–Crippen LogP) is 7.48. The Kier molecular flexibility index (Phi) is 7.28. The van der Waals surface area contributed by atoms with Crippen LogP contribution in [0.15, 0.2) is 89.0 Å². The van der Waals surface area contributed by atoms with Crippen LogP contribution in [0.5, 0.6) is 34.5 Å². The third kappa shape index (κ3) is 5.05. The molecule has 4 aromatic carbocycles. The number of fused-ring (bicyclic) bond motifs is 4. The van der Waals surface area contributed by atoms with Crippen LogP contribution in [0.1, 0.15) is 37.4 Å². The van der Waals surface area contributed by atoms with Gasteiger partial charge in [-0.1, -0.05) is 34.1 Å². The Labute approximate surface area is 281 Å². The summed E-state index contributed by atoms with van der Waals surface area (Å²) in [6, 6.07) is 16.8. The molecule has 0 saturated heterocycles. The smallest absolute Gasteiger partial charge is 0.235 e. The van der Waals surface area contributed by atoms with Gasteiger partial charge in [0.15, 0.2) is 11.5 Å². The number of aromatic hydroxyl groups is 4. The van der Waals surface area contributed by atoms with Gasteiger partial charge in [-0.3, -0.25) is 9.59 Å². The number of rotatable bonds is 2. The summed E-state index contributed by atoms with van der Waals surface area (Å²) in [5, 5.41) is 40.9. The molecule has 11 heteroatoms. The maximum Gasteiger partial charge on any atom is 0.235 e. The minimum absolute atomic E-state index is 0.0679. The molecule has 0 radical (unpaired) electrons. The Hall–Kier alpha value is -5.94. The van der Waals surface area contributed by atoms with Gasteiger partial charge in [0, 0.05) is 88.2 Å². The van der Waals surface area contributed by atoms with Crippen molar-refractivity contribution in [3.63, 3.8) is 0 Å². The molecule has 0 aliphatic carbocycles. The fraction of sp³-hybridized carbons (Fsp3) is 0.0811. The summed E-state index contributed by atoms with van der Waals surface area (Å²) in [7, 11) is 3.87. The van der Waals surface area contributed by atoms with E-state index >= 15 is 0 Å². The highest BCUT2D eigenvalue weighted by Crippen LogP contribution is 2.42. The molecule has 240 valence electrons. The van der Waals surface area contributed by atoms with E-state index < -0.39 is 11.6 Å². The van der Waals surface area contributed by atoms with Crippen LogP contribution in [-0.2, 0) is 14.1 Å². The van der Waals surface area contributed by atoms with Crippen molar-refractivity contribution < 1.29 is 39.5 Å². The number of carbonyl (C=O) groups is 2. The normalized spacial score (nSPS) is 15.1. The first kappa shape index (κ1) is 30.7. The van der Waals surface area contributed by atoms with Crippen LogP contribution in [0.2, 0.25) is 0 Å². The van der Waals surface area contributed by atoms with Gasteiger partial charge >= 0.3 is 0 Å². The number of nitrogens with zero attached hydrogens (tertiary/aromatic N) is 2. The highest BCUT2D eigenvalue weighted by molar-refractivity contribution is 9.10. The molecule has 2 aliphatic heterocycles. The second-order valence-electron chi connectivity index (χ2n) is 11.5. The maximum atomic E-state index is 12.5. The van der Waals surface area contributed by atoms with Crippen LogP contribution in [0, 0.1) is 6.92 Å². The lowest BCUT2D eigenvalue weighted by Crippen LogP contribution is -1.98. The van der Waals surface area contributed by atoms with Gasteiger partial charge in [0.1, 0.15) is 45.6 Å². The van der Waals surface area contributed by atoms with Crippen LogP contribution in [-0.4, -0.2) is 41.1 Å². The third-order valence-corrected chi connectivity index (χ3v) is 8.95. The highest BCUT2D eigenvalue weighted by Gasteiger charge is 2.33. The number of phenolic OH excluding ortho intramolecular Hbond substituents is 4. The second kappa shape index (κ2) is 11.4. The van der Waals surface area contributed by atoms with Gasteiger partial charge in [-0.15, -0.1) is 0 Å². The SMILES string of the molecule is Cc1cccc2c1c(/C=C1\Oc3cc(O)cc(O)c3C1=O)cn2C.Cn1cc(/C=C2\Oc3cc(O)cc(O)c3C2=O)c2c(Br)cccc21. The summed E-state index contributed by atoms with van der Waals surface area (Å²) in [6.45, 7) is 2.01. The van der Waals surface area contributed by atoms with E-state index in [-0.39, 0.29) is 57.1 Å².